The molecule has 0 radical (unpaired) electrons. The maximum atomic E-state index is 12.7. The van der Waals surface area contributed by atoms with E-state index in [9.17, 15) is 4.79 Å². The van der Waals surface area contributed by atoms with E-state index in [0.29, 0.717) is 9.90 Å². The zero-order valence-corrected chi connectivity index (χ0v) is 17.7. The number of benzene rings is 2. The molecular weight excluding hydrogens is 446 g/mol. The number of nitrogens with one attached hydrogen (secondary N) is 1. The molecule has 0 aliphatic rings. The van der Waals surface area contributed by atoms with Crippen molar-refractivity contribution >= 4 is 60.7 Å². The van der Waals surface area contributed by atoms with Crippen LogP contribution in [-0.4, -0.2) is 15.7 Å². The quantitative estimate of drug-likeness (QED) is 0.386. The van der Waals surface area contributed by atoms with Crippen LogP contribution in [0.15, 0.2) is 53.0 Å². The van der Waals surface area contributed by atoms with Gasteiger partial charge in [-0.05, 0) is 67.9 Å². The highest BCUT2D eigenvalue weighted by atomic mass is 79.9. The van der Waals surface area contributed by atoms with Crippen molar-refractivity contribution < 1.29 is 4.79 Å². The lowest BCUT2D eigenvalue weighted by Gasteiger charge is -2.06. The third-order valence-corrected chi connectivity index (χ3v) is 6.51. The summed E-state index contributed by atoms with van der Waals surface area (Å²) in [5.41, 5.74) is 3.64. The molecule has 0 bridgehead atoms. The maximum absolute atomic E-state index is 12.7. The molecule has 0 aliphatic carbocycles. The van der Waals surface area contributed by atoms with Crippen molar-refractivity contribution in [1.29, 1.82) is 0 Å². The number of nitrogens with zero attached hydrogens (tertiary/aromatic N) is 2. The van der Waals surface area contributed by atoms with Crippen molar-refractivity contribution in [2.24, 2.45) is 0 Å². The normalized spacial score (nSPS) is 11.1. The summed E-state index contributed by atoms with van der Waals surface area (Å²) >= 11 is 10.9. The number of aryl methyl sites for hydroxylation is 2. The predicted octanol–water partition coefficient (Wildman–Crippen LogP) is 6.37. The van der Waals surface area contributed by atoms with Crippen LogP contribution in [0.2, 0.25) is 5.02 Å². The van der Waals surface area contributed by atoms with E-state index in [1.54, 1.807) is 0 Å². The van der Waals surface area contributed by atoms with Crippen LogP contribution < -0.4 is 5.32 Å². The second-order valence-electron chi connectivity index (χ2n) is 6.22. The van der Waals surface area contributed by atoms with Crippen molar-refractivity contribution in [1.82, 2.24) is 9.78 Å². The standard InChI is InChI=1S/C20H15BrClN3OS/c1-11-9-14(5-8-17(11)21)23-19(26)18-10-16-12(2)24-25(20(16)27-18)15-6-3-13(22)4-7-15/h3-10H,1-2H3,(H,23,26). The first-order valence-electron chi connectivity index (χ1n) is 8.25. The first-order valence-corrected chi connectivity index (χ1v) is 10.2. The van der Waals surface area contributed by atoms with Crippen molar-refractivity contribution in [3.05, 3.63) is 74.2 Å². The molecule has 136 valence electrons. The second-order valence-corrected chi connectivity index (χ2v) is 8.54. The first kappa shape index (κ1) is 18.2. The smallest absolute Gasteiger partial charge is 0.265 e. The highest BCUT2D eigenvalue weighted by Gasteiger charge is 2.17. The van der Waals surface area contributed by atoms with E-state index in [-0.39, 0.29) is 5.91 Å². The van der Waals surface area contributed by atoms with E-state index < -0.39 is 0 Å². The van der Waals surface area contributed by atoms with Gasteiger partial charge in [-0.3, -0.25) is 4.79 Å². The van der Waals surface area contributed by atoms with Gasteiger partial charge in [-0.15, -0.1) is 11.3 Å². The van der Waals surface area contributed by atoms with Crippen molar-refractivity contribution in [2.45, 2.75) is 13.8 Å². The Bertz CT molecular complexity index is 1160. The molecule has 1 N–H and O–H groups in total. The Hall–Kier alpha value is -2.15. The molecule has 2 aromatic heterocycles. The fourth-order valence-electron chi connectivity index (χ4n) is 2.83. The Kier molecular flexibility index (Phi) is 4.80. The topological polar surface area (TPSA) is 46.9 Å². The summed E-state index contributed by atoms with van der Waals surface area (Å²) in [4.78, 5) is 14.3. The molecule has 1 amide bonds. The van der Waals surface area contributed by atoms with Crippen LogP contribution in [-0.2, 0) is 0 Å². The van der Waals surface area contributed by atoms with E-state index in [1.807, 2.05) is 67.1 Å². The summed E-state index contributed by atoms with van der Waals surface area (Å²) in [6.45, 7) is 3.93. The molecule has 0 aliphatic heterocycles. The number of fused-ring (bicyclic) bond motifs is 1. The molecule has 0 unspecified atom stereocenters. The van der Waals surface area contributed by atoms with Gasteiger partial charge >= 0.3 is 0 Å². The maximum Gasteiger partial charge on any atom is 0.265 e. The van der Waals surface area contributed by atoms with Gasteiger partial charge in [-0.1, -0.05) is 27.5 Å². The van der Waals surface area contributed by atoms with Gasteiger partial charge in [0.1, 0.15) is 4.83 Å². The Morgan fingerprint density at radius 2 is 1.89 bits per heavy atom. The molecule has 4 rings (SSSR count). The molecule has 27 heavy (non-hydrogen) atoms. The van der Waals surface area contributed by atoms with Crippen LogP contribution in [0.5, 0.6) is 0 Å². The summed E-state index contributed by atoms with van der Waals surface area (Å²) in [6, 6.07) is 15.1. The lowest BCUT2D eigenvalue weighted by Crippen LogP contribution is -2.10. The minimum Gasteiger partial charge on any atom is -0.321 e. The van der Waals surface area contributed by atoms with E-state index in [2.05, 4.69) is 26.3 Å². The minimum absolute atomic E-state index is 0.125. The molecule has 7 heteroatoms. The highest BCUT2D eigenvalue weighted by molar-refractivity contribution is 9.10. The summed E-state index contributed by atoms with van der Waals surface area (Å²) in [5, 5.41) is 9.22. The average molecular weight is 461 g/mol. The van der Waals surface area contributed by atoms with Crippen molar-refractivity contribution in [3.8, 4) is 5.69 Å². The minimum atomic E-state index is -0.125. The molecule has 0 saturated carbocycles. The van der Waals surface area contributed by atoms with Gasteiger partial charge in [0.25, 0.3) is 5.91 Å². The van der Waals surface area contributed by atoms with Gasteiger partial charge < -0.3 is 5.32 Å². The van der Waals surface area contributed by atoms with Gasteiger partial charge in [-0.2, -0.15) is 5.10 Å². The summed E-state index contributed by atoms with van der Waals surface area (Å²) < 4.78 is 2.87. The number of aromatic nitrogens is 2. The number of hydrogen-bond acceptors (Lipinski definition) is 3. The highest BCUT2D eigenvalue weighted by Crippen LogP contribution is 2.31. The van der Waals surface area contributed by atoms with Crippen molar-refractivity contribution in [2.75, 3.05) is 5.32 Å². The number of carbonyl (C=O) groups excluding carboxylic acids is 1. The Balaban J connectivity index is 1.68. The largest absolute Gasteiger partial charge is 0.321 e. The molecular formula is C20H15BrClN3OS. The zero-order valence-electron chi connectivity index (χ0n) is 14.6. The summed E-state index contributed by atoms with van der Waals surface area (Å²) in [5.74, 6) is -0.125. The number of amides is 1. The number of anilines is 1. The van der Waals surface area contributed by atoms with E-state index in [1.165, 1.54) is 11.3 Å². The monoisotopic (exact) mass is 459 g/mol. The van der Waals surface area contributed by atoms with Crippen LogP contribution in [0.25, 0.3) is 15.9 Å². The Morgan fingerprint density at radius 1 is 1.15 bits per heavy atom. The SMILES string of the molecule is Cc1cc(NC(=O)c2cc3c(C)nn(-c4ccc(Cl)cc4)c3s2)ccc1Br. The number of rotatable bonds is 3. The predicted molar refractivity (Wildman–Crippen MR) is 116 cm³/mol. The molecule has 2 aromatic carbocycles. The second kappa shape index (κ2) is 7.11. The van der Waals surface area contributed by atoms with E-state index in [4.69, 9.17) is 11.6 Å². The van der Waals surface area contributed by atoms with Crippen LogP contribution in [0.4, 0.5) is 5.69 Å². The van der Waals surface area contributed by atoms with Crippen LogP contribution in [0.3, 0.4) is 0 Å². The molecule has 0 saturated heterocycles. The first-order chi connectivity index (χ1) is 12.9. The lowest BCUT2D eigenvalue weighted by molar-refractivity contribution is 0.103. The third-order valence-electron chi connectivity index (χ3n) is 4.26. The average Bonchev–Trinajstić information content (AvgIpc) is 3.20. The molecule has 2 heterocycles. The van der Waals surface area contributed by atoms with Crippen LogP contribution in [0, 0.1) is 13.8 Å². The lowest BCUT2D eigenvalue weighted by atomic mass is 10.2. The Labute approximate surface area is 173 Å². The Morgan fingerprint density at radius 3 is 2.59 bits per heavy atom. The van der Waals surface area contributed by atoms with Crippen molar-refractivity contribution in [3.63, 3.8) is 0 Å². The van der Waals surface area contributed by atoms with Gasteiger partial charge in [-0.25, -0.2) is 4.68 Å². The molecule has 0 fully saturated rings. The third kappa shape index (κ3) is 3.52. The molecule has 0 spiro atoms. The van der Waals surface area contributed by atoms with E-state index >= 15 is 0 Å². The van der Waals surface area contributed by atoms with Crippen LogP contribution >= 0.6 is 38.9 Å². The summed E-state index contributed by atoms with van der Waals surface area (Å²) in [7, 11) is 0. The number of halogens is 2. The number of thiophene rings is 1. The molecule has 4 aromatic rings. The summed E-state index contributed by atoms with van der Waals surface area (Å²) in [6.07, 6.45) is 0. The van der Waals surface area contributed by atoms with Gasteiger partial charge in [0, 0.05) is 20.6 Å². The van der Waals surface area contributed by atoms with Gasteiger partial charge in [0.15, 0.2) is 0 Å². The number of carbonyl (C=O) groups is 1. The van der Waals surface area contributed by atoms with E-state index in [0.717, 1.165) is 37.3 Å². The van der Waals surface area contributed by atoms with Gasteiger partial charge in [0.05, 0.1) is 16.3 Å². The van der Waals surface area contributed by atoms with Gasteiger partial charge in [0.2, 0.25) is 0 Å². The van der Waals surface area contributed by atoms with Crippen LogP contribution in [0.1, 0.15) is 20.9 Å². The fourth-order valence-corrected chi connectivity index (χ4v) is 4.28. The molecule has 4 nitrogen and oxygen atoms in total. The fraction of sp³-hybridized carbons (Fsp3) is 0.100. The zero-order chi connectivity index (χ0) is 19.1. The number of hydrogen-bond donors (Lipinski definition) is 1. The molecule has 0 atom stereocenters.